The molecule has 2 nitrogen and oxygen atoms in total. The van der Waals surface area contributed by atoms with E-state index in [2.05, 4.69) is 34.3 Å². The number of rotatable bonds is 4. The summed E-state index contributed by atoms with van der Waals surface area (Å²) in [5.74, 6) is 0.0355. The van der Waals surface area contributed by atoms with E-state index in [0.717, 1.165) is 22.9 Å². The van der Waals surface area contributed by atoms with Gasteiger partial charge >= 0.3 is 0 Å². The van der Waals surface area contributed by atoms with Gasteiger partial charge in [0.25, 0.3) is 5.91 Å². The summed E-state index contributed by atoms with van der Waals surface area (Å²) < 4.78 is 0. The first kappa shape index (κ1) is 15.4. The number of thiophene rings is 1. The Kier molecular flexibility index (Phi) is 4.11. The molecule has 1 N–H and O–H groups in total. The van der Waals surface area contributed by atoms with Crippen LogP contribution in [0.1, 0.15) is 41.6 Å². The van der Waals surface area contributed by atoms with Crippen LogP contribution in [0.2, 0.25) is 0 Å². The van der Waals surface area contributed by atoms with Gasteiger partial charge in [0.1, 0.15) is 0 Å². The van der Waals surface area contributed by atoms with Gasteiger partial charge in [-0.3, -0.25) is 4.79 Å². The number of hydrogen-bond acceptors (Lipinski definition) is 2. The van der Waals surface area contributed by atoms with Crippen LogP contribution in [0.25, 0.3) is 10.8 Å². The molecule has 1 amide bonds. The van der Waals surface area contributed by atoms with Gasteiger partial charge in [0.05, 0.1) is 0 Å². The van der Waals surface area contributed by atoms with Crippen molar-refractivity contribution in [2.24, 2.45) is 0 Å². The van der Waals surface area contributed by atoms with Gasteiger partial charge in [-0.15, -0.1) is 0 Å². The van der Waals surface area contributed by atoms with E-state index >= 15 is 0 Å². The van der Waals surface area contributed by atoms with Crippen molar-refractivity contribution in [1.82, 2.24) is 5.32 Å². The Hall–Kier alpha value is -2.13. The van der Waals surface area contributed by atoms with Crippen molar-refractivity contribution in [3.05, 3.63) is 70.4 Å². The van der Waals surface area contributed by atoms with Gasteiger partial charge in [-0.25, -0.2) is 0 Å². The maximum atomic E-state index is 12.8. The fourth-order valence-corrected chi connectivity index (χ4v) is 4.73. The Balaban J connectivity index is 1.57. The number of hydrogen-bond donors (Lipinski definition) is 1. The highest BCUT2D eigenvalue weighted by Gasteiger charge is 2.36. The van der Waals surface area contributed by atoms with Crippen molar-refractivity contribution in [2.45, 2.75) is 31.1 Å². The normalized spacial score (nSPS) is 16.3. The lowest BCUT2D eigenvalue weighted by atomic mass is 9.80. The average Bonchev–Trinajstić information content (AvgIpc) is 3.31. The largest absolute Gasteiger partial charge is 0.351 e. The van der Waals surface area contributed by atoms with E-state index in [9.17, 15) is 4.79 Å². The van der Waals surface area contributed by atoms with Gasteiger partial charge in [0.15, 0.2) is 0 Å². The average molecular weight is 335 g/mol. The fraction of sp³-hybridized carbons (Fsp3) is 0.286. The van der Waals surface area contributed by atoms with Crippen molar-refractivity contribution in [3.8, 4) is 0 Å². The van der Waals surface area contributed by atoms with Gasteiger partial charge in [-0.2, -0.15) is 11.3 Å². The second-order valence-corrected chi connectivity index (χ2v) is 7.49. The van der Waals surface area contributed by atoms with E-state index in [1.54, 1.807) is 11.3 Å². The van der Waals surface area contributed by atoms with E-state index in [0.29, 0.717) is 0 Å². The summed E-state index contributed by atoms with van der Waals surface area (Å²) in [4.78, 5) is 12.8. The lowest BCUT2D eigenvalue weighted by Gasteiger charge is -2.29. The predicted molar refractivity (Wildman–Crippen MR) is 101 cm³/mol. The van der Waals surface area contributed by atoms with Crippen LogP contribution in [-0.4, -0.2) is 12.5 Å². The monoisotopic (exact) mass is 335 g/mol. The van der Waals surface area contributed by atoms with Crippen molar-refractivity contribution in [3.63, 3.8) is 0 Å². The zero-order valence-electron chi connectivity index (χ0n) is 13.6. The number of nitrogens with one attached hydrogen (secondary N) is 1. The molecule has 4 rings (SSSR count). The molecule has 0 saturated heterocycles. The molecule has 3 heteroatoms. The molecule has 1 heterocycles. The number of fused-ring (bicyclic) bond motifs is 1. The Morgan fingerprint density at radius 2 is 1.83 bits per heavy atom. The molecule has 2 aromatic carbocycles. The molecule has 1 saturated carbocycles. The number of benzene rings is 2. The van der Waals surface area contributed by atoms with Crippen LogP contribution in [0.4, 0.5) is 0 Å². The lowest BCUT2D eigenvalue weighted by Crippen LogP contribution is -2.38. The van der Waals surface area contributed by atoms with Gasteiger partial charge in [0, 0.05) is 17.5 Å². The Bertz CT molecular complexity index is 842. The second kappa shape index (κ2) is 6.40. The molecule has 122 valence electrons. The first-order chi connectivity index (χ1) is 11.8. The topological polar surface area (TPSA) is 29.1 Å². The summed E-state index contributed by atoms with van der Waals surface area (Å²) in [6.07, 6.45) is 4.83. The zero-order valence-corrected chi connectivity index (χ0v) is 14.4. The second-order valence-electron chi connectivity index (χ2n) is 6.71. The summed E-state index contributed by atoms with van der Waals surface area (Å²) in [6.45, 7) is 0.728. The SMILES string of the molecule is O=C(NCC1(c2ccsc2)CCCC1)c1cccc2ccccc12. The van der Waals surface area contributed by atoms with Crippen molar-refractivity contribution in [1.29, 1.82) is 0 Å². The third-order valence-corrected chi connectivity index (χ3v) is 6.00. The third-order valence-electron chi connectivity index (χ3n) is 5.32. The van der Waals surface area contributed by atoms with Crippen molar-refractivity contribution in [2.75, 3.05) is 6.54 Å². The van der Waals surface area contributed by atoms with Crippen LogP contribution in [0.3, 0.4) is 0 Å². The highest BCUT2D eigenvalue weighted by molar-refractivity contribution is 7.08. The molecule has 24 heavy (non-hydrogen) atoms. The molecule has 1 aliphatic rings. The zero-order chi connectivity index (χ0) is 16.4. The molecular weight excluding hydrogens is 314 g/mol. The molecule has 1 aliphatic carbocycles. The fourth-order valence-electron chi connectivity index (χ4n) is 3.95. The quantitative estimate of drug-likeness (QED) is 0.702. The number of amides is 1. The minimum atomic E-state index is 0.0355. The van der Waals surface area contributed by atoms with Crippen LogP contribution in [0.5, 0.6) is 0 Å². The van der Waals surface area contributed by atoms with Crippen LogP contribution >= 0.6 is 11.3 Å². The summed E-state index contributed by atoms with van der Waals surface area (Å²) in [5, 5.41) is 9.75. The molecule has 0 spiro atoms. The minimum Gasteiger partial charge on any atom is -0.351 e. The Labute approximate surface area is 146 Å². The van der Waals surface area contributed by atoms with E-state index in [1.165, 1.54) is 31.2 Å². The first-order valence-electron chi connectivity index (χ1n) is 8.57. The summed E-state index contributed by atoms with van der Waals surface area (Å²) >= 11 is 1.74. The van der Waals surface area contributed by atoms with Gasteiger partial charge in [0.2, 0.25) is 0 Å². The van der Waals surface area contributed by atoms with Gasteiger partial charge in [-0.05, 0) is 52.1 Å². The van der Waals surface area contributed by atoms with Gasteiger partial charge in [-0.1, -0.05) is 49.2 Å². The Morgan fingerprint density at radius 3 is 2.62 bits per heavy atom. The maximum Gasteiger partial charge on any atom is 0.251 e. The molecule has 1 aromatic heterocycles. The summed E-state index contributed by atoms with van der Waals surface area (Å²) in [7, 11) is 0. The third kappa shape index (κ3) is 2.73. The predicted octanol–water partition coefficient (Wildman–Crippen LogP) is 5.14. The Morgan fingerprint density at radius 1 is 1.04 bits per heavy atom. The molecule has 0 radical (unpaired) electrons. The van der Waals surface area contributed by atoms with Gasteiger partial charge < -0.3 is 5.32 Å². The van der Waals surface area contributed by atoms with Crippen LogP contribution in [0, 0.1) is 0 Å². The molecular formula is C21H21NOS. The highest BCUT2D eigenvalue weighted by atomic mass is 32.1. The molecule has 1 fully saturated rings. The van der Waals surface area contributed by atoms with Crippen LogP contribution < -0.4 is 5.32 Å². The number of carbonyl (C=O) groups is 1. The molecule has 3 aromatic rings. The van der Waals surface area contributed by atoms with E-state index in [4.69, 9.17) is 0 Å². The minimum absolute atomic E-state index is 0.0355. The summed E-state index contributed by atoms with van der Waals surface area (Å²) in [5.41, 5.74) is 2.29. The molecule has 0 atom stereocenters. The molecule has 0 unspecified atom stereocenters. The standard InChI is InChI=1S/C21H21NOS/c23-20(19-9-5-7-16-6-1-2-8-18(16)19)22-15-21(11-3-4-12-21)17-10-13-24-14-17/h1-2,5-10,13-14H,3-4,11-12,15H2,(H,22,23). The summed E-state index contributed by atoms with van der Waals surface area (Å²) in [6, 6.07) is 16.2. The number of carbonyl (C=O) groups excluding carboxylic acids is 1. The van der Waals surface area contributed by atoms with Crippen LogP contribution in [-0.2, 0) is 5.41 Å². The lowest BCUT2D eigenvalue weighted by molar-refractivity contribution is 0.0945. The molecule has 0 bridgehead atoms. The van der Waals surface area contributed by atoms with Crippen LogP contribution in [0.15, 0.2) is 59.3 Å². The van der Waals surface area contributed by atoms with E-state index < -0.39 is 0 Å². The maximum absolute atomic E-state index is 12.8. The van der Waals surface area contributed by atoms with Crippen molar-refractivity contribution >= 4 is 28.0 Å². The van der Waals surface area contributed by atoms with E-state index in [-0.39, 0.29) is 11.3 Å². The first-order valence-corrected chi connectivity index (χ1v) is 9.51. The van der Waals surface area contributed by atoms with Crippen molar-refractivity contribution < 1.29 is 4.79 Å². The smallest absolute Gasteiger partial charge is 0.251 e. The highest BCUT2D eigenvalue weighted by Crippen LogP contribution is 2.41. The van der Waals surface area contributed by atoms with E-state index in [1.807, 2.05) is 30.3 Å². The molecule has 0 aliphatic heterocycles.